The number of carbonyl (C=O) groups excluding carboxylic acids is 1. The SMILES string of the molecule is C[C@H](CC(=O)C1CC1)c1ccc(OC2CCN(c3ccc(OC[C@H]4CC4(F)F)cn3)C2)cc1. The van der Waals surface area contributed by atoms with E-state index in [9.17, 15) is 13.6 Å². The van der Waals surface area contributed by atoms with E-state index in [-0.39, 0.29) is 25.0 Å². The summed E-state index contributed by atoms with van der Waals surface area (Å²) in [5.74, 6) is -0.118. The maximum absolute atomic E-state index is 13.0. The van der Waals surface area contributed by atoms with Crippen molar-refractivity contribution in [1.82, 2.24) is 4.98 Å². The zero-order valence-electron chi connectivity index (χ0n) is 18.9. The Morgan fingerprint density at radius 1 is 1.15 bits per heavy atom. The third-order valence-corrected chi connectivity index (χ3v) is 6.89. The second kappa shape index (κ2) is 8.92. The van der Waals surface area contributed by atoms with Crippen molar-refractivity contribution in [2.45, 2.75) is 57.0 Å². The van der Waals surface area contributed by atoms with Crippen molar-refractivity contribution in [3.63, 3.8) is 0 Å². The summed E-state index contributed by atoms with van der Waals surface area (Å²) >= 11 is 0. The summed E-state index contributed by atoms with van der Waals surface area (Å²) in [6, 6.07) is 11.7. The summed E-state index contributed by atoms with van der Waals surface area (Å²) in [6.07, 6.45) is 5.21. The van der Waals surface area contributed by atoms with Gasteiger partial charge in [-0.1, -0.05) is 19.1 Å². The number of pyridine rings is 1. The number of Topliss-reactive ketones (excluding diaryl/α,β-unsaturated/α-hetero) is 1. The van der Waals surface area contributed by atoms with E-state index in [1.807, 2.05) is 18.2 Å². The van der Waals surface area contributed by atoms with E-state index in [4.69, 9.17) is 9.47 Å². The van der Waals surface area contributed by atoms with Crippen molar-refractivity contribution < 1.29 is 23.0 Å². The molecule has 0 N–H and O–H groups in total. The summed E-state index contributed by atoms with van der Waals surface area (Å²) in [4.78, 5) is 18.7. The lowest BCUT2D eigenvalue weighted by Crippen LogP contribution is -2.25. The largest absolute Gasteiger partial charge is 0.491 e. The summed E-state index contributed by atoms with van der Waals surface area (Å²) in [7, 11) is 0. The third kappa shape index (κ3) is 5.45. The summed E-state index contributed by atoms with van der Waals surface area (Å²) in [6.45, 7) is 3.71. The van der Waals surface area contributed by atoms with Gasteiger partial charge in [0, 0.05) is 31.7 Å². The molecule has 3 aliphatic rings. The first-order chi connectivity index (χ1) is 15.9. The van der Waals surface area contributed by atoms with Gasteiger partial charge in [-0.15, -0.1) is 0 Å². The van der Waals surface area contributed by atoms with Crippen LogP contribution in [0.25, 0.3) is 0 Å². The second-order valence-electron chi connectivity index (χ2n) is 9.71. The number of hydrogen-bond donors (Lipinski definition) is 0. The number of benzene rings is 1. The first-order valence-corrected chi connectivity index (χ1v) is 11.9. The van der Waals surface area contributed by atoms with Crippen LogP contribution in [-0.4, -0.2) is 42.5 Å². The normalized spacial score (nSPS) is 24.4. The smallest absolute Gasteiger partial charge is 0.255 e. The molecule has 0 spiro atoms. The molecule has 7 heteroatoms. The number of ketones is 1. The minimum absolute atomic E-state index is 0.0298. The van der Waals surface area contributed by atoms with Crippen molar-refractivity contribution >= 4 is 11.6 Å². The van der Waals surface area contributed by atoms with Gasteiger partial charge in [0.25, 0.3) is 5.92 Å². The van der Waals surface area contributed by atoms with Gasteiger partial charge in [-0.05, 0) is 48.6 Å². The van der Waals surface area contributed by atoms with Crippen molar-refractivity contribution in [3.05, 3.63) is 48.2 Å². The van der Waals surface area contributed by atoms with E-state index in [0.717, 1.165) is 43.9 Å². The van der Waals surface area contributed by atoms with Crippen LogP contribution in [0, 0.1) is 11.8 Å². The molecule has 3 atom stereocenters. The van der Waals surface area contributed by atoms with Crippen LogP contribution in [0.4, 0.5) is 14.6 Å². The van der Waals surface area contributed by atoms with Crippen LogP contribution in [0.2, 0.25) is 0 Å². The van der Waals surface area contributed by atoms with Crippen molar-refractivity contribution in [1.29, 1.82) is 0 Å². The van der Waals surface area contributed by atoms with E-state index >= 15 is 0 Å². The minimum atomic E-state index is -2.56. The zero-order chi connectivity index (χ0) is 23.0. The molecule has 2 heterocycles. The first-order valence-electron chi connectivity index (χ1n) is 11.9. The van der Waals surface area contributed by atoms with Gasteiger partial charge in [0.1, 0.15) is 29.2 Å². The van der Waals surface area contributed by atoms with E-state index < -0.39 is 11.8 Å². The number of carbonyl (C=O) groups is 1. The third-order valence-electron chi connectivity index (χ3n) is 6.89. The minimum Gasteiger partial charge on any atom is -0.491 e. The van der Waals surface area contributed by atoms with Crippen LogP contribution >= 0.6 is 0 Å². The van der Waals surface area contributed by atoms with Gasteiger partial charge in [0.2, 0.25) is 0 Å². The molecule has 0 radical (unpaired) electrons. The highest BCUT2D eigenvalue weighted by molar-refractivity contribution is 5.83. The van der Waals surface area contributed by atoms with Crippen LogP contribution in [0.15, 0.2) is 42.6 Å². The Morgan fingerprint density at radius 2 is 1.88 bits per heavy atom. The monoisotopic (exact) mass is 456 g/mol. The average molecular weight is 457 g/mol. The Balaban J connectivity index is 1.09. The molecule has 1 saturated heterocycles. The molecular formula is C26H30F2N2O3. The number of halogens is 2. The first kappa shape index (κ1) is 22.1. The fourth-order valence-corrected chi connectivity index (χ4v) is 4.38. The second-order valence-corrected chi connectivity index (χ2v) is 9.71. The molecule has 33 heavy (non-hydrogen) atoms. The molecule has 2 aliphatic carbocycles. The number of aromatic nitrogens is 1. The fourth-order valence-electron chi connectivity index (χ4n) is 4.38. The average Bonchev–Trinajstić information content (AvgIpc) is 3.70. The van der Waals surface area contributed by atoms with Crippen LogP contribution in [0.1, 0.15) is 50.5 Å². The lowest BCUT2D eigenvalue weighted by Gasteiger charge is -2.19. The highest BCUT2D eigenvalue weighted by Gasteiger charge is 2.57. The van der Waals surface area contributed by atoms with Crippen LogP contribution in [0.5, 0.6) is 11.5 Å². The van der Waals surface area contributed by atoms with Gasteiger partial charge in [-0.3, -0.25) is 4.79 Å². The van der Waals surface area contributed by atoms with Gasteiger partial charge < -0.3 is 14.4 Å². The van der Waals surface area contributed by atoms with Gasteiger partial charge in [0.15, 0.2) is 0 Å². The number of rotatable bonds is 10. The highest BCUT2D eigenvalue weighted by atomic mass is 19.3. The molecule has 5 rings (SSSR count). The maximum atomic E-state index is 13.0. The Morgan fingerprint density at radius 3 is 2.52 bits per heavy atom. The number of alkyl halides is 2. The van der Waals surface area contributed by atoms with Crippen LogP contribution in [-0.2, 0) is 4.79 Å². The predicted octanol–water partition coefficient (Wildman–Crippen LogP) is 5.25. The lowest BCUT2D eigenvalue weighted by molar-refractivity contribution is -0.120. The summed E-state index contributed by atoms with van der Waals surface area (Å²) in [5.41, 5.74) is 1.17. The van der Waals surface area contributed by atoms with Crippen molar-refractivity contribution in [2.24, 2.45) is 11.8 Å². The lowest BCUT2D eigenvalue weighted by atomic mass is 9.94. The van der Waals surface area contributed by atoms with Gasteiger partial charge in [-0.25, -0.2) is 13.8 Å². The number of nitrogens with zero attached hydrogens (tertiary/aromatic N) is 2. The Bertz CT molecular complexity index is 976. The molecule has 3 fully saturated rings. The molecule has 176 valence electrons. The molecule has 1 aliphatic heterocycles. The van der Waals surface area contributed by atoms with Crippen molar-refractivity contribution in [3.8, 4) is 11.5 Å². The topological polar surface area (TPSA) is 51.7 Å². The molecule has 1 aromatic carbocycles. The van der Waals surface area contributed by atoms with Gasteiger partial charge in [-0.2, -0.15) is 0 Å². The molecule has 1 unspecified atom stereocenters. The van der Waals surface area contributed by atoms with Gasteiger partial charge >= 0.3 is 0 Å². The number of anilines is 1. The Hall–Kier alpha value is -2.70. The van der Waals surface area contributed by atoms with E-state index in [1.54, 1.807) is 12.3 Å². The zero-order valence-corrected chi connectivity index (χ0v) is 18.9. The Kier molecular flexibility index (Phi) is 5.97. The molecule has 1 aromatic heterocycles. The quantitative estimate of drug-likeness (QED) is 0.489. The standard InChI is InChI=1S/C26H30F2N2O3/c1-17(12-24(31)19-2-3-19)18-4-6-21(7-5-18)33-23-10-11-30(15-23)25-9-8-22(14-29-25)32-16-20-13-26(20,27)28/h4-9,14,17,19-20,23H,2-3,10-13,15-16H2,1H3/t17-,20-,23?/m1/s1. The van der Waals surface area contributed by atoms with Crippen LogP contribution < -0.4 is 14.4 Å². The highest BCUT2D eigenvalue weighted by Crippen LogP contribution is 2.48. The van der Waals surface area contributed by atoms with E-state index in [0.29, 0.717) is 23.9 Å². The molecule has 0 amide bonds. The van der Waals surface area contributed by atoms with E-state index in [1.165, 1.54) is 5.56 Å². The molecule has 2 saturated carbocycles. The summed E-state index contributed by atoms with van der Waals surface area (Å²) < 4.78 is 37.5. The summed E-state index contributed by atoms with van der Waals surface area (Å²) in [5, 5.41) is 0. The molecule has 5 nitrogen and oxygen atoms in total. The van der Waals surface area contributed by atoms with E-state index in [2.05, 4.69) is 28.9 Å². The maximum Gasteiger partial charge on any atom is 0.255 e. The Labute approximate surface area is 193 Å². The molecular weight excluding hydrogens is 426 g/mol. The molecule has 2 aromatic rings. The number of hydrogen-bond acceptors (Lipinski definition) is 5. The number of ether oxygens (including phenoxy) is 2. The fraction of sp³-hybridized carbons (Fsp3) is 0.538. The van der Waals surface area contributed by atoms with Gasteiger partial charge in [0.05, 0.1) is 25.3 Å². The predicted molar refractivity (Wildman–Crippen MR) is 121 cm³/mol. The van der Waals surface area contributed by atoms with Crippen molar-refractivity contribution in [2.75, 3.05) is 24.6 Å². The molecule has 0 bridgehead atoms. The van der Waals surface area contributed by atoms with Crippen LogP contribution in [0.3, 0.4) is 0 Å².